The van der Waals surface area contributed by atoms with E-state index in [4.69, 9.17) is 0 Å². The summed E-state index contributed by atoms with van der Waals surface area (Å²) >= 11 is 0. The van der Waals surface area contributed by atoms with Crippen LogP contribution in [0.15, 0.2) is 36.5 Å². The lowest BCUT2D eigenvalue weighted by Crippen LogP contribution is -2.24. The second-order valence-corrected chi connectivity index (χ2v) is 7.62. The minimum Gasteiger partial charge on any atom is -0.358 e. The van der Waals surface area contributed by atoms with Gasteiger partial charge in [-0.05, 0) is 69.5 Å². The number of nitrogens with one attached hydrogen (secondary N) is 1. The van der Waals surface area contributed by atoms with Gasteiger partial charge in [-0.1, -0.05) is 17.7 Å². The normalized spacial score (nSPS) is 18.3. The number of nitrogens with zero attached hydrogens (tertiary/aromatic N) is 2. The number of H-pyrrole nitrogens is 1. The first-order valence-electron chi connectivity index (χ1n) is 9.31. The SMILES string of the molecule is Cc1ccc2[nH]c3c(c2c1)CCN(C)CC3CCc1ccc(C)nc1. The molecule has 3 heteroatoms. The summed E-state index contributed by atoms with van der Waals surface area (Å²) in [6.45, 7) is 6.49. The Morgan fingerprint density at radius 1 is 1.20 bits per heavy atom. The summed E-state index contributed by atoms with van der Waals surface area (Å²) in [5, 5.41) is 1.42. The Morgan fingerprint density at radius 3 is 2.88 bits per heavy atom. The Hall–Kier alpha value is -2.13. The number of benzene rings is 1. The average molecular weight is 333 g/mol. The summed E-state index contributed by atoms with van der Waals surface area (Å²) in [5.74, 6) is 0.552. The second-order valence-electron chi connectivity index (χ2n) is 7.62. The molecular formula is C22H27N3. The molecular weight excluding hydrogens is 306 g/mol. The largest absolute Gasteiger partial charge is 0.358 e. The maximum Gasteiger partial charge on any atom is 0.0459 e. The molecule has 0 saturated heterocycles. The molecule has 1 N–H and O–H groups in total. The van der Waals surface area contributed by atoms with Crippen LogP contribution >= 0.6 is 0 Å². The van der Waals surface area contributed by atoms with Crippen molar-refractivity contribution in [3.8, 4) is 0 Å². The molecule has 1 aliphatic rings. The molecule has 0 radical (unpaired) electrons. The zero-order chi connectivity index (χ0) is 17.4. The summed E-state index contributed by atoms with van der Waals surface area (Å²) in [7, 11) is 2.25. The van der Waals surface area contributed by atoms with Crippen molar-refractivity contribution in [2.75, 3.05) is 20.1 Å². The molecule has 0 spiro atoms. The third-order valence-electron chi connectivity index (χ3n) is 5.53. The maximum absolute atomic E-state index is 4.45. The van der Waals surface area contributed by atoms with E-state index in [1.807, 2.05) is 13.1 Å². The number of aryl methyl sites for hydroxylation is 3. The van der Waals surface area contributed by atoms with E-state index in [0.717, 1.165) is 38.0 Å². The number of hydrogen-bond donors (Lipinski definition) is 1. The van der Waals surface area contributed by atoms with Gasteiger partial charge in [0.2, 0.25) is 0 Å². The number of likely N-dealkylation sites (N-methyl/N-ethyl adjacent to an activating group) is 1. The van der Waals surface area contributed by atoms with E-state index in [2.05, 4.69) is 59.2 Å². The van der Waals surface area contributed by atoms with Gasteiger partial charge in [0.05, 0.1) is 0 Å². The molecule has 1 atom stereocenters. The molecule has 3 nitrogen and oxygen atoms in total. The molecule has 25 heavy (non-hydrogen) atoms. The van der Waals surface area contributed by atoms with Crippen LogP contribution in [0.3, 0.4) is 0 Å². The van der Waals surface area contributed by atoms with E-state index in [1.54, 1.807) is 0 Å². The fourth-order valence-electron chi connectivity index (χ4n) is 4.08. The highest BCUT2D eigenvalue weighted by atomic mass is 15.1. The molecule has 1 unspecified atom stereocenters. The van der Waals surface area contributed by atoms with E-state index in [0.29, 0.717) is 5.92 Å². The first kappa shape index (κ1) is 16.3. The molecule has 4 rings (SSSR count). The molecule has 2 aromatic heterocycles. The molecule has 0 aliphatic carbocycles. The summed E-state index contributed by atoms with van der Waals surface area (Å²) in [4.78, 5) is 10.7. The van der Waals surface area contributed by atoms with Gasteiger partial charge in [0, 0.05) is 47.5 Å². The number of aromatic amines is 1. The zero-order valence-corrected chi connectivity index (χ0v) is 15.5. The fraction of sp³-hybridized carbons (Fsp3) is 0.409. The second kappa shape index (κ2) is 6.64. The highest BCUT2D eigenvalue weighted by molar-refractivity contribution is 5.85. The molecule has 1 aromatic carbocycles. The molecule has 0 saturated carbocycles. The minimum absolute atomic E-state index is 0.552. The van der Waals surface area contributed by atoms with Crippen molar-refractivity contribution < 1.29 is 0 Å². The van der Waals surface area contributed by atoms with Gasteiger partial charge in [-0.2, -0.15) is 0 Å². The molecule has 0 amide bonds. The Morgan fingerprint density at radius 2 is 2.08 bits per heavy atom. The van der Waals surface area contributed by atoms with Crippen LogP contribution in [0, 0.1) is 13.8 Å². The van der Waals surface area contributed by atoms with Gasteiger partial charge in [0.1, 0.15) is 0 Å². The Labute approximate surface area is 150 Å². The van der Waals surface area contributed by atoms with Crippen LogP contribution in [0.5, 0.6) is 0 Å². The third kappa shape index (κ3) is 3.34. The van der Waals surface area contributed by atoms with Crippen molar-refractivity contribution in [1.29, 1.82) is 0 Å². The van der Waals surface area contributed by atoms with Gasteiger partial charge in [0.15, 0.2) is 0 Å². The van der Waals surface area contributed by atoms with Crippen molar-refractivity contribution in [1.82, 2.24) is 14.9 Å². The number of pyridine rings is 1. The molecule has 3 aromatic rings. The lowest BCUT2D eigenvalue weighted by atomic mass is 9.93. The Balaban J connectivity index is 1.65. The Kier molecular flexibility index (Phi) is 4.34. The molecule has 0 fully saturated rings. The first-order chi connectivity index (χ1) is 12.1. The summed E-state index contributed by atoms with van der Waals surface area (Å²) in [5.41, 5.74) is 8.06. The number of rotatable bonds is 3. The maximum atomic E-state index is 4.45. The highest BCUT2D eigenvalue weighted by Gasteiger charge is 2.24. The topological polar surface area (TPSA) is 31.9 Å². The van der Waals surface area contributed by atoms with Crippen LogP contribution in [0.4, 0.5) is 0 Å². The van der Waals surface area contributed by atoms with Crippen LogP contribution < -0.4 is 0 Å². The summed E-state index contributed by atoms with van der Waals surface area (Å²) in [6.07, 6.45) is 5.41. The lowest BCUT2D eigenvalue weighted by molar-refractivity contribution is 0.318. The number of hydrogen-bond acceptors (Lipinski definition) is 2. The minimum atomic E-state index is 0.552. The third-order valence-corrected chi connectivity index (χ3v) is 5.53. The van der Waals surface area contributed by atoms with Crippen molar-refractivity contribution in [2.24, 2.45) is 0 Å². The van der Waals surface area contributed by atoms with Crippen LogP contribution in [0.25, 0.3) is 10.9 Å². The van der Waals surface area contributed by atoms with Crippen molar-refractivity contribution in [3.05, 3.63) is 64.6 Å². The van der Waals surface area contributed by atoms with Crippen molar-refractivity contribution in [3.63, 3.8) is 0 Å². The van der Waals surface area contributed by atoms with E-state index in [-0.39, 0.29) is 0 Å². The van der Waals surface area contributed by atoms with Gasteiger partial charge >= 0.3 is 0 Å². The number of fused-ring (bicyclic) bond motifs is 3. The van der Waals surface area contributed by atoms with Crippen LogP contribution in [-0.2, 0) is 12.8 Å². The highest BCUT2D eigenvalue weighted by Crippen LogP contribution is 2.34. The van der Waals surface area contributed by atoms with Crippen molar-refractivity contribution in [2.45, 2.75) is 39.0 Å². The van der Waals surface area contributed by atoms with Gasteiger partial charge in [-0.25, -0.2) is 0 Å². The van der Waals surface area contributed by atoms with E-state index < -0.39 is 0 Å². The lowest BCUT2D eigenvalue weighted by Gasteiger charge is -2.20. The van der Waals surface area contributed by atoms with Crippen LogP contribution in [-0.4, -0.2) is 35.0 Å². The van der Waals surface area contributed by atoms with E-state index in [1.165, 1.54) is 33.3 Å². The van der Waals surface area contributed by atoms with E-state index in [9.17, 15) is 0 Å². The predicted molar refractivity (Wildman–Crippen MR) is 104 cm³/mol. The quantitative estimate of drug-likeness (QED) is 0.771. The zero-order valence-electron chi connectivity index (χ0n) is 15.5. The van der Waals surface area contributed by atoms with Crippen molar-refractivity contribution >= 4 is 10.9 Å². The molecule has 130 valence electrons. The molecule has 0 bridgehead atoms. The summed E-state index contributed by atoms with van der Waals surface area (Å²) < 4.78 is 0. The Bertz CT molecular complexity index is 876. The summed E-state index contributed by atoms with van der Waals surface area (Å²) in [6, 6.07) is 11.1. The van der Waals surface area contributed by atoms with Crippen LogP contribution in [0.1, 0.15) is 40.4 Å². The van der Waals surface area contributed by atoms with Gasteiger partial charge in [-0.15, -0.1) is 0 Å². The van der Waals surface area contributed by atoms with Gasteiger partial charge in [-0.3, -0.25) is 4.98 Å². The van der Waals surface area contributed by atoms with E-state index >= 15 is 0 Å². The monoisotopic (exact) mass is 333 g/mol. The van der Waals surface area contributed by atoms with Crippen LogP contribution in [0.2, 0.25) is 0 Å². The number of aromatic nitrogens is 2. The fourth-order valence-corrected chi connectivity index (χ4v) is 4.08. The first-order valence-corrected chi connectivity index (χ1v) is 9.31. The predicted octanol–water partition coefficient (Wildman–Crippen LogP) is 4.38. The average Bonchev–Trinajstić information content (AvgIpc) is 2.87. The molecule has 1 aliphatic heterocycles. The standard InChI is InChI=1S/C22H27N3/c1-15-4-9-21-20(12-15)19-10-11-25(3)14-18(22(19)24-21)8-7-17-6-5-16(2)23-13-17/h4-6,9,12-13,18,24H,7-8,10-11,14H2,1-3H3. The molecule has 3 heterocycles. The smallest absolute Gasteiger partial charge is 0.0459 e. The van der Waals surface area contributed by atoms with Gasteiger partial charge < -0.3 is 9.88 Å². The van der Waals surface area contributed by atoms with Gasteiger partial charge in [0.25, 0.3) is 0 Å².